The number of amides is 1. The van der Waals surface area contributed by atoms with Gasteiger partial charge in [-0.05, 0) is 127 Å². The Kier molecular flexibility index (Phi) is 5.72. The minimum atomic E-state index is -0.131. The predicted molar refractivity (Wildman–Crippen MR) is 147 cm³/mol. The lowest BCUT2D eigenvalue weighted by Crippen LogP contribution is -2.54. The van der Waals surface area contributed by atoms with Gasteiger partial charge in [-0.25, -0.2) is 0 Å². The maximum Gasteiger partial charge on any atom is 0.219 e. The second-order valence-electron chi connectivity index (χ2n) is 15.2. The highest BCUT2D eigenvalue weighted by Gasteiger charge is 2.80. The summed E-state index contributed by atoms with van der Waals surface area (Å²) in [6, 6.07) is 4.00. The Hall–Kier alpha value is -1.46. The van der Waals surface area contributed by atoms with E-state index >= 15 is 0 Å². The minimum absolute atomic E-state index is 0.0618. The number of pyridine rings is 1. The third-order valence-electron chi connectivity index (χ3n) is 13.6. The number of aromatic nitrogens is 1. The molecule has 0 aromatic carbocycles. The van der Waals surface area contributed by atoms with Crippen LogP contribution in [-0.2, 0) is 16.1 Å². The minimum Gasteiger partial charge on any atom is -0.393 e. The zero-order chi connectivity index (χ0) is 26.5. The fourth-order valence-electron chi connectivity index (χ4n) is 11.7. The Labute approximate surface area is 229 Å². The molecule has 1 aromatic heterocycles. The van der Waals surface area contributed by atoms with Gasteiger partial charge in [0.2, 0.25) is 5.91 Å². The van der Waals surface area contributed by atoms with Crippen LogP contribution < -0.4 is 0 Å². The van der Waals surface area contributed by atoms with Gasteiger partial charge in [0, 0.05) is 32.4 Å². The van der Waals surface area contributed by atoms with Crippen LogP contribution in [0.15, 0.2) is 24.5 Å². The molecule has 2 heterocycles. The van der Waals surface area contributed by atoms with Crippen molar-refractivity contribution in [3.8, 4) is 0 Å². The van der Waals surface area contributed by atoms with Crippen molar-refractivity contribution >= 4 is 5.91 Å². The van der Waals surface area contributed by atoms with Crippen LogP contribution in [-0.4, -0.2) is 45.8 Å². The molecule has 5 nitrogen and oxygen atoms in total. The average Bonchev–Trinajstić information content (AvgIpc) is 3.47. The predicted octanol–water partition coefficient (Wildman–Crippen LogP) is 6.00. The van der Waals surface area contributed by atoms with Gasteiger partial charge in [-0.2, -0.15) is 0 Å². The second-order valence-corrected chi connectivity index (χ2v) is 15.2. The van der Waals surface area contributed by atoms with Gasteiger partial charge in [-0.1, -0.05) is 20.8 Å². The van der Waals surface area contributed by atoms with Crippen LogP contribution in [0.4, 0.5) is 0 Å². The number of hydrogen-bond acceptors (Lipinski definition) is 4. The fraction of sp³-hybridized carbons (Fsp3) is 0.818. The number of hydrogen-bond donors (Lipinski definition) is 1. The summed E-state index contributed by atoms with van der Waals surface area (Å²) >= 11 is 0. The van der Waals surface area contributed by atoms with Crippen LogP contribution in [0.1, 0.15) is 97.5 Å². The molecule has 1 aromatic rings. The molecular formula is C33H48N2O3. The third kappa shape index (κ3) is 3.42. The number of nitrogens with zero attached hydrogens (tertiary/aromatic N) is 2. The highest BCUT2D eigenvalue weighted by atomic mass is 16.5. The summed E-state index contributed by atoms with van der Waals surface area (Å²) in [4.78, 5) is 18.6. The first kappa shape index (κ1) is 25.5. The molecule has 6 fully saturated rings. The lowest BCUT2D eigenvalue weighted by molar-refractivity contribution is -0.140. The SMILES string of the molecule is CC(=O)N(Cc1ccncc1)CC1CCC2C(CC3C4CCC5C(C)(C)[C@@H](O)CCC56CC46CCC23C)O1. The smallest absolute Gasteiger partial charge is 0.219 e. The van der Waals surface area contributed by atoms with Gasteiger partial charge < -0.3 is 14.7 Å². The van der Waals surface area contributed by atoms with E-state index in [2.05, 4.69) is 25.8 Å². The number of carbonyl (C=O) groups excluding carboxylic acids is 1. The van der Waals surface area contributed by atoms with E-state index in [1.165, 1.54) is 51.4 Å². The van der Waals surface area contributed by atoms with Gasteiger partial charge in [-0.3, -0.25) is 9.78 Å². The largest absolute Gasteiger partial charge is 0.393 e. The van der Waals surface area contributed by atoms with Gasteiger partial charge in [0.1, 0.15) is 0 Å². The summed E-state index contributed by atoms with van der Waals surface area (Å²) in [5, 5.41) is 10.9. The second kappa shape index (κ2) is 8.52. The number of fused-ring (bicyclic) bond motifs is 4. The van der Waals surface area contributed by atoms with E-state index in [1.807, 2.05) is 17.0 Å². The van der Waals surface area contributed by atoms with E-state index in [1.54, 1.807) is 19.3 Å². The van der Waals surface area contributed by atoms with Crippen LogP contribution in [0.25, 0.3) is 0 Å². The first-order valence-electron chi connectivity index (χ1n) is 15.6. The summed E-state index contributed by atoms with van der Waals surface area (Å²) in [5.74, 6) is 3.11. The van der Waals surface area contributed by atoms with Crippen molar-refractivity contribution < 1.29 is 14.6 Å². The molecule has 5 saturated carbocycles. The van der Waals surface area contributed by atoms with Crippen molar-refractivity contribution in [1.29, 1.82) is 0 Å². The van der Waals surface area contributed by atoms with E-state index in [0.29, 0.717) is 47.3 Å². The topological polar surface area (TPSA) is 62.7 Å². The summed E-state index contributed by atoms with van der Waals surface area (Å²) < 4.78 is 6.92. The quantitative estimate of drug-likeness (QED) is 0.529. The molecule has 1 aliphatic heterocycles. The zero-order valence-corrected chi connectivity index (χ0v) is 24.0. The van der Waals surface area contributed by atoms with Crippen LogP contribution in [0, 0.1) is 45.3 Å². The molecule has 0 bridgehead atoms. The number of aliphatic hydroxyl groups is 1. The highest BCUT2D eigenvalue weighted by Crippen LogP contribution is 2.87. The number of ether oxygens (including phenoxy) is 1. The lowest BCUT2D eigenvalue weighted by atomic mass is 9.46. The van der Waals surface area contributed by atoms with Crippen molar-refractivity contribution in [2.24, 2.45) is 45.3 Å². The van der Waals surface area contributed by atoms with Gasteiger partial charge in [0.15, 0.2) is 0 Å². The zero-order valence-electron chi connectivity index (χ0n) is 24.0. The summed E-state index contributed by atoms with van der Waals surface area (Å²) in [7, 11) is 0. The molecule has 5 heteroatoms. The number of carbonyl (C=O) groups is 1. The van der Waals surface area contributed by atoms with Crippen molar-refractivity contribution in [2.75, 3.05) is 6.54 Å². The first-order valence-corrected chi connectivity index (χ1v) is 15.6. The monoisotopic (exact) mass is 520 g/mol. The van der Waals surface area contributed by atoms with E-state index < -0.39 is 0 Å². The van der Waals surface area contributed by atoms with E-state index in [4.69, 9.17) is 4.74 Å². The molecule has 5 aliphatic carbocycles. The van der Waals surface area contributed by atoms with Crippen molar-refractivity contribution in [2.45, 2.75) is 117 Å². The standard InChI is InChI=1S/C33H48N2O3/c1-21(36)35(18-22-10-15-34-16-11-22)19-23-5-6-25-27(38-23)17-26-24-7-8-28-30(2,3)29(37)9-12-33(28)20-32(24,33)14-13-31(25,26)4/h10-11,15-16,23-29,37H,5-9,12-14,17-20H2,1-4H3/t23?,24?,25?,26?,27?,28?,29-,31?,32?,33?/m0/s1. The fourth-order valence-corrected chi connectivity index (χ4v) is 11.7. The molecule has 2 spiro atoms. The van der Waals surface area contributed by atoms with Crippen LogP contribution >= 0.6 is 0 Å². The maximum absolute atomic E-state index is 12.5. The number of rotatable bonds is 4. The van der Waals surface area contributed by atoms with Crippen LogP contribution in [0.3, 0.4) is 0 Å². The Balaban J connectivity index is 1.07. The van der Waals surface area contributed by atoms with Crippen LogP contribution in [0.2, 0.25) is 0 Å². The summed E-state index contributed by atoms with van der Waals surface area (Å²) in [5.41, 5.74) is 2.64. The first-order chi connectivity index (χ1) is 18.1. The molecule has 6 aliphatic rings. The molecule has 1 amide bonds. The maximum atomic E-state index is 12.5. The summed E-state index contributed by atoms with van der Waals surface area (Å²) in [6.45, 7) is 10.4. The Bertz CT molecular complexity index is 1090. The molecule has 7 rings (SSSR count). The molecule has 0 radical (unpaired) electrons. The molecule has 38 heavy (non-hydrogen) atoms. The van der Waals surface area contributed by atoms with Gasteiger partial charge >= 0.3 is 0 Å². The Morgan fingerprint density at radius 3 is 2.53 bits per heavy atom. The normalized spacial score (nSPS) is 48.1. The lowest BCUT2D eigenvalue weighted by Gasteiger charge is -2.59. The average molecular weight is 521 g/mol. The molecular weight excluding hydrogens is 472 g/mol. The number of aliphatic hydroxyl groups excluding tert-OH is 1. The van der Waals surface area contributed by atoms with E-state index in [-0.39, 0.29) is 23.5 Å². The third-order valence-corrected chi connectivity index (χ3v) is 13.6. The van der Waals surface area contributed by atoms with Gasteiger partial charge in [-0.15, -0.1) is 0 Å². The molecule has 208 valence electrons. The van der Waals surface area contributed by atoms with Gasteiger partial charge in [0.25, 0.3) is 0 Å². The Morgan fingerprint density at radius 1 is 1.00 bits per heavy atom. The van der Waals surface area contributed by atoms with Crippen molar-refractivity contribution in [3.05, 3.63) is 30.1 Å². The Morgan fingerprint density at radius 2 is 1.76 bits per heavy atom. The molecule has 9 unspecified atom stereocenters. The summed E-state index contributed by atoms with van der Waals surface area (Å²) in [6.07, 6.45) is 16.6. The molecule has 1 saturated heterocycles. The van der Waals surface area contributed by atoms with E-state index in [9.17, 15) is 9.90 Å². The van der Waals surface area contributed by atoms with Crippen LogP contribution in [0.5, 0.6) is 0 Å². The molecule has 10 atom stereocenters. The van der Waals surface area contributed by atoms with Crippen molar-refractivity contribution in [3.63, 3.8) is 0 Å². The van der Waals surface area contributed by atoms with E-state index in [0.717, 1.165) is 30.2 Å². The highest BCUT2D eigenvalue weighted by molar-refractivity contribution is 5.73. The molecule has 1 N–H and O–H groups in total. The van der Waals surface area contributed by atoms with Gasteiger partial charge in [0.05, 0.1) is 18.3 Å². The van der Waals surface area contributed by atoms with Crippen molar-refractivity contribution in [1.82, 2.24) is 9.88 Å².